The number of aliphatic hydroxyl groups excluding tert-OH is 1. The zero-order chi connectivity index (χ0) is 14.5. The number of methoxy groups -OCH3 is 1. The predicted molar refractivity (Wildman–Crippen MR) is 82.9 cm³/mol. The van der Waals surface area contributed by atoms with E-state index >= 15 is 0 Å². The molecule has 0 aliphatic rings. The van der Waals surface area contributed by atoms with E-state index in [1.807, 2.05) is 25.2 Å². The molecule has 0 aliphatic heterocycles. The Balaban J connectivity index is 2.08. The lowest BCUT2D eigenvalue weighted by molar-refractivity contribution is 0.0709. The highest BCUT2D eigenvalue weighted by atomic mass is 16.5. The third kappa shape index (κ3) is 3.57. The lowest BCUT2D eigenvalue weighted by Crippen LogP contribution is -2.35. The lowest BCUT2D eigenvalue weighted by Gasteiger charge is -2.26. The average Bonchev–Trinajstić information content (AvgIpc) is 2.46. The second-order valence-corrected chi connectivity index (χ2v) is 5.37. The van der Waals surface area contributed by atoms with E-state index in [9.17, 15) is 5.11 Å². The zero-order valence-electron chi connectivity index (χ0n) is 12.4. The van der Waals surface area contributed by atoms with Crippen LogP contribution in [0.1, 0.15) is 18.6 Å². The minimum Gasteiger partial charge on any atom is -0.387 e. The van der Waals surface area contributed by atoms with Gasteiger partial charge in [0.15, 0.2) is 0 Å². The summed E-state index contributed by atoms with van der Waals surface area (Å²) in [4.78, 5) is 2.11. The number of hydrogen-bond donors (Lipinski definition) is 1. The molecule has 0 aromatic heterocycles. The number of rotatable bonds is 6. The van der Waals surface area contributed by atoms with Crippen molar-refractivity contribution in [3.05, 3.63) is 48.0 Å². The van der Waals surface area contributed by atoms with Crippen molar-refractivity contribution >= 4 is 10.8 Å². The van der Waals surface area contributed by atoms with E-state index in [1.54, 1.807) is 7.11 Å². The molecule has 0 radical (unpaired) electrons. The Morgan fingerprint density at radius 1 is 1.15 bits per heavy atom. The van der Waals surface area contributed by atoms with E-state index in [0.717, 1.165) is 10.9 Å². The van der Waals surface area contributed by atoms with Crippen LogP contribution in [0.3, 0.4) is 0 Å². The Morgan fingerprint density at radius 3 is 2.55 bits per heavy atom. The Morgan fingerprint density at radius 2 is 1.85 bits per heavy atom. The van der Waals surface area contributed by atoms with Gasteiger partial charge in [-0.25, -0.2) is 0 Å². The molecule has 1 N–H and O–H groups in total. The summed E-state index contributed by atoms with van der Waals surface area (Å²) in [5, 5.41) is 12.7. The first kappa shape index (κ1) is 15.0. The van der Waals surface area contributed by atoms with Gasteiger partial charge in [-0.05, 0) is 36.4 Å². The number of benzene rings is 2. The molecule has 0 bridgehead atoms. The SMILES string of the molecule is COCC(C)N(C)CC(O)c1ccc2ccccc2c1. The van der Waals surface area contributed by atoms with E-state index < -0.39 is 6.10 Å². The first-order valence-corrected chi connectivity index (χ1v) is 6.97. The van der Waals surface area contributed by atoms with Gasteiger partial charge < -0.3 is 9.84 Å². The molecule has 3 heteroatoms. The van der Waals surface area contributed by atoms with Gasteiger partial charge in [-0.2, -0.15) is 0 Å². The van der Waals surface area contributed by atoms with Gasteiger partial charge in [0, 0.05) is 19.7 Å². The fraction of sp³-hybridized carbons (Fsp3) is 0.412. The third-order valence-electron chi connectivity index (χ3n) is 3.78. The van der Waals surface area contributed by atoms with Crippen molar-refractivity contribution in [1.82, 2.24) is 4.90 Å². The molecule has 0 saturated heterocycles. The van der Waals surface area contributed by atoms with Crippen molar-refractivity contribution in [1.29, 1.82) is 0 Å². The molecule has 2 rings (SSSR count). The van der Waals surface area contributed by atoms with Crippen molar-refractivity contribution in [2.24, 2.45) is 0 Å². The molecule has 0 spiro atoms. The van der Waals surface area contributed by atoms with Crippen LogP contribution in [-0.4, -0.2) is 43.4 Å². The van der Waals surface area contributed by atoms with E-state index in [4.69, 9.17) is 4.74 Å². The molecule has 3 nitrogen and oxygen atoms in total. The molecule has 0 amide bonds. The maximum Gasteiger partial charge on any atom is 0.0917 e. The monoisotopic (exact) mass is 273 g/mol. The fourth-order valence-corrected chi connectivity index (χ4v) is 2.34. The van der Waals surface area contributed by atoms with E-state index in [2.05, 4.69) is 36.1 Å². The molecular formula is C17H23NO2. The molecule has 108 valence electrons. The zero-order valence-corrected chi connectivity index (χ0v) is 12.4. The molecule has 0 fully saturated rings. The van der Waals surface area contributed by atoms with Crippen LogP contribution in [0.25, 0.3) is 10.8 Å². The summed E-state index contributed by atoms with van der Waals surface area (Å²) >= 11 is 0. The van der Waals surface area contributed by atoms with Crippen molar-refractivity contribution in [2.75, 3.05) is 27.3 Å². The van der Waals surface area contributed by atoms with Crippen LogP contribution in [0.15, 0.2) is 42.5 Å². The molecule has 2 aromatic rings. The number of ether oxygens (including phenoxy) is 1. The third-order valence-corrected chi connectivity index (χ3v) is 3.78. The molecule has 0 heterocycles. The second kappa shape index (κ2) is 6.84. The predicted octanol–water partition coefficient (Wildman–Crippen LogP) is 2.84. The van der Waals surface area contributed by atoms with Crippen LogP contribution in [-0.2, 0) is 4.74 Å². The number of nitrogens with zero attached hydrogens (tertiary/aromatic N) is 1. The molecule has 20 heavy (non-hydrogen) atoms. The molecule has 2 unspecified atom stereocenters. The number of hydrogen-bond acceptors (Lipinski definition) is 3. The Labute approximate surface area is 120 Å². The highest BCUT2D eigenvalue weighted by Crippen LogP contribution is 2.21. The minimum atomic E-state index is -0.482. The Bertz CT molecular complexity index is 555. The summed E-state index contributed by atoms with van der Waals surface area (Å²) in [6.07, 6.45) is -0.482. The van der Waals surface area contributed by atoms with Crippen molar-refractivity contribution < 1.29 is 9.84 Å². The van der Waals surface area contributed by atoms with Gasteiger partial charge in [-0.3, -0.25) is 4.90 Å². The summed E-state index contributed by atoms with van der Waals surface area (Å²) in [6.45, 7) is 3.36. The number of aliphatic hydroxyl groups is 1. The van der Waals surface area contributed by atoms with Crippen molar-refractivity contribution in [2.45, 2.75) is 19.1 Å². The summed E-state index contributed by atoms with van der Waals surface area (Å²) in [7, 11) is 3.71. The van der Waals surface area contributed by atoms with Crippen LogP contribution in [0.4, 0.5) is 0 Å². The average molecular weight is 273 g/mol. The van der Waals surface area contributed by atoms with Gasteiger partial charge in [-0.15, -0.1) is 0 Å². The smallest absolute Gasteiger partial charge is 0.0917 e. The molecule has 2 aromatic carbocycles. The first-order valence-electron chi connectivity index (χ1n) is 6.97. The van der Waals surface area contributed by atoms with Crippen LogP contribution >= 0.6 is 0 Å². The van der Waals surface area contributed by atoms with Crippen LogP contribution in [0.5, 0.6) is 0 Å². The van der Waals surface area contributed by atoms with Gasteiger partial charge in [0.05, 0.1) is 12.7 Å². The van der Waals surface area contributed by atoms with Gasteiger partial charge in [0.25, 0.3) is 0 Å². The van der Waals surface area contributed by atoms with Crippen LogP contribution in [0, 0.1) is 0 Å². The Kier molecular flexibility index (Phi) is 5.12. The highest BCUT2D eigenvalue weighted by molar-refractivity contribution is 5.83. The molecule has 2 atom stereocenters. The van der Waals surface area contributed by atoms with Gasteiger partial charge >= 0.3 is 0 Å². The van der Waals surface area contributed by atoms with Crippen LogP contribution < -0.4 is 0 Å². The summed E-state index contributed by atoms with van der Waals surface area (Å²) < 4.78 is 5.15. The minimum absolute atomic E-state index is 0.287. The number of likely N-dealkylation sites (N-methyl/N-ethyl adjacent to an activating group) is 1. The summed E-state index contributed by atoms with van der Waals surface area (Å²) in [5.74, 6) is 0. The van der Waals surface area contributed by atoms with Gasteiger partial charge in [0.1, 0.15) is 0 Å². The van der Waals surface area contributed by atoms with E-state index in [1.165, 1.54) is 5.39 Å². The van der Waals surface area contributed by atoms with Gasteiger partial charge in [0.2, 0.25) is 0 Å². The molecular weight excluding hydrogens is 250 g/mol. The largest absolute Gasteiger partial charge is 0.387 e. The highest BCUT2D eigenvalue weighted by Gasteiger charge is 2.15. The molecule has 0 saturated carbocycles. The topological polar surface area (TPSA) is 32.7 Å². The van der Waals surface area contributed by atoms with Crippen LogP contribution in [0.2, 0.25) is 0 Å². The van der Waals surface area contributed by atoms with E-state index in [0.29, 0.717) is 13.2 Å². The Hall–Kier alpha value is -1.42. The standard InChI is InChI=1S/C17H23NO2/c1-13(12-20-3)18(2)11-17(19)16-9-8-14-6-4-5-7-15(14)10-16/h4-10,13,17,19H,11-12H2,1-3H3. The maximum absolute atomic E-state index is 10.4. The van der Waals surface area contributed by atoms with Crippen molar-refractivity contribution in [3.63, 3.8) is 0 Å². The lowest BCUT2D eigenvalue weighted by atomic mass is 10.0. The maximum atomic E-state index is 10.4. The van der Waals surface area contributed by atoms with Crippen molar-refractivity contribution in [3.8, 4) is 0 Å². The normalized spacial score (nSPS) is 14.7. The summed E-state index contributed by atoms with van der Waals surface area (Å²) in [6, 6.07) is 14.6. The van der Waals surface area contributed by atoms with Gasteiger partial charge in [-0.1, -0.05) is 36.4 Å². The quantitative estimate of drug-likeness (QED) is 0.878. The molecule has 0 aliphatic carbocycles. The fourth-order valence-electron chi connectivity index (χ4n) is 2.34. The summed E-state index contributed by atoms with van der Waals surface area (Å²) in [5.41, 5.74) is 0.958. The first-order chi connectivity index (χ1) is 9.61. The van der Waals surface area contributed by atoms with E-state index in [-0.39, 0.29) is 6.04 Å². The number of fused-ring (bicyclic) bond motifs is 1. The second-order valence-electron chi connectivity index (χ2n) is 5.37.